The van der Waals surface area contributed by atoms with Crippen molar-refractivity contribution in [2.45, 2.75) is 5.41 Å². The Kier molecular flexibility index (Phi) is 9.77. The van der Waals surface area contributed by atoms with Crippen molar-refractivity contribution in [3.8, 4) is 55.6 Å². The van der Waals surface area contributed by atoms with E-state index in [1.807, 2.05) is 0 Å². The molecule has 324 valence electrons. The maximum atomic E-state index is 6.58. The van der Waals surface area contributed by atoms with Crippen molar-refractivity contribution in [1.29, 1.82) is 0 Å². The minimum atomic E-state index is -0.538. The Balaban J connectivity index is 1.02. The summed E-state index contributed by atoms with van der Waals surface area (Å²) in [5.74, 6) is 0. The maximum Gasteiger partial charge on any atom is 0.143 e. The predicted molar refractivity (Wildman–Crippen MR) is 287 cm³/mol. The first-order chi connectivity index (χ1) is 34.2. The van der Waals surface area contributed by atoms with E-state index in [1.165, 1.54) is 55.6 Å². The van der Waals surface area contributed by atoms with Crippen LogP contribution < -0.4 is 4.90 Å². The number of benzene rings is 11. The van der Waals surface area contributed by atoms with Gasteiger partial charge in [0.1, 0.15) is 11.2 Å². The van der Waals surface area contributed by atoms with E-state index in [0.29, 0.717) is 0 Å². The van der Waals surface area contributed by atoms with Crippen molar-refractivity contribution < 1.29 is 4.42 Å². The number of anilines is 3. The number of para-hydroxylation sites is 1. The van der Waals surface area contributed by atoms with Crippen LogP contribution in [0.15, 0.2) is 277 Å². The van der Waals surface area contributed by atoms with Crippen LogP contribution in [0.4, 0.5) is 17.1 Å². The molecule has 0 bridgehead atoms. The second-order valence-electron chi connectivity index (χ2n) is 17.9. The van der Waals surface area contributed by atoms with E-state index in [1.54, 1.807) is 0 Å². The molecule has 13 rings (SSSR count). The minimum absolute atomic E-state index is 0.538. The van der Waals surface area contributed by atoms with E-state index in [2.05, 4.69) is 278 Å². The SMILES string of the molecule is c1ccc(-c2ccc(N(c3ccc(-c4ccc5oc6c(-c7ccccc7)cccc6c5c4)cc3)c3cccc4c3-c3ccccc3C4(c3ccccc3)c3ccccc3)cc2-c2ccccc2)cc1. The van der Waals surface area contributed by atoms with E-state index < -0.39 is 5.41 Å². The second-order valence-corrected chi connectivity index (χ2v) is 17.9. The molecule has 1 aromatic heterocycles. The molecule has 0 radical (unpaired) electrons. The fraction of sp³-hybridized carbons (Fsp3) is 0.0149. The summed E-state index contributed by atoms with van der Waals surface area (Å²) in [5, 5.41) is 2.22. The van der Waals surface area contributed by atoms with Crippen LogP contribution in [-0.2, 0) is 5.41 Å². The van der Waals surface area contributed by atoms with Gasteiger partial charge in [-0.05, 0) is 109 Å². The normalized spacial score (nSPS) is 12.5. The van der Waals surface area contributed by atoms with Gasteiger partial charge in [0.2, 0.25) is 0 Å². The monoisotopic (exact) mass is 879 g/mol. The highest BCUT2D eigenvalue weighted by molar-refractivity contribution is 6.10. The highest BCUT2D eigenvalue weighted by Crippen LogP contribution is 2.59. The first kappa shape index (κ1) is 40.3. The third-order valence-corrected chi connectivity index (χ3v) is 14.2. The maximum absolute atomic E-state index is 6.58. The Labute approximate surface area is 402 Å². The Morgan fingerprint density at radius 1 is 0.304 bits per heavy atom. The summed E-state index contributed by atoms with van der Waals surface area (Å²) in [4.78, 5) is 2.48. The third kappa shape index (κ3) is 6.64. The Morgan fingerprint density at radius 3 is 1.49 bits per heavy atom. The summed E-state index contributed by atoms with van der Waals surface area (Å²) in [7, 11) is 0. The van der Waals surface area contributed by atoms with Crippen LogP contribution in [0.25, 0.3) is 77.6 Å². The zero-order chi connectivity index (χ0) is 45.7. The third-order valence-electron chi connectivity index (χ3n) is 14.2. The van der Waals surface area contributed by atoms with Crippen molar-refractivity contribution in [3.63, 3.8) is 0 Å². The van der Waals surface area contributed by atoms with Crippen molar-refractivity contribution in [1.82, 2.24) is 0 Å². The van der Waals surface area contributed by atoms with Crippen molar-refractivity contribution in [2.75, 3.05) is 4.90 Å². The molecule has 69 heavy (non-hydrogen) atoms. The van der Waals surface area contributed by atoms with E-state index in [9.17, 15) is 0 Å². The van der Waals surface area contributed by atoms with Gasteiger partial charge in [0.15, 0.2) is 0 Å². The standard InChI is InChI=1S/C67H45NO/c1-6-20-47(21-7-1)55-42-41-54(45-59(55)49-24-10-3-11-25-49)68(53-39-36-46(37-40-53)50-38-43-64-60(44-50)57-32-18-31-56(66(57)69-64)48-22-8-2-9-23-48)63-35-19-34-62-65(63)58-30-16-17-33-61(58)67(62,51-26-12-4-13-27-51)52-28-14-5-15-29-52/h1-45H. The van der Waals surface area contributed by atoms with Gasteiger partial charge >= 0.3 is 0 Å². The van der Waals surface area contributed by atoms with Crippen LogP contribution in [0.5, 0.6) is 0 Å². The van der Waals surface area contributed by atoms with Crippen molar-refractivity contribution >= 4 is 39.0 Å². The lowest BCUT2D eigenvalue weighted by Gasteiger charge is -2.34. The van der Waals surface area contributed by atoms with Gasteiger partial charge in [0.05, 0.1) is 11.1 Å². The molecule has 2 nitrogen and oxygen atoms in total. The van der Waals surface area contributed by atoms with Gasteiger partial charge in [-0.3, -0.25) is 0 Å². The Bertz CT molecular complexity index is 3760. The van der Waals surface area contributed by atoms with Gasteiger partial charge in [0, 0.05) is 33.3 Å². The van der Waals surface area contributed by atoms with Gasteiger partial charge in [-0.15, -0.1) is 0 Å². The molecule has 1 aliphatic rings. The molecule has 0 saturated heterocycles. The number of furan rings is 1. The van der Waals surface area contributed by atoms with Gasteiger partial charge < -0.3 is 9.32 Å². The molecular weight excluding hydrogens is 835 g/mol. The molecule has 0 fully saturated rings. The number of hydrogen-bond donors (Lipinski definition) is 0. The summed E-state index contributed by atoms with van der Waals surface area (Å²) in [6.45, 7) is 0. The molecule has 0 spiro atoms. The lowest BCUT2D eigenvalue weighted by molar-refractivity contribution is 0.670. The van der Waals surface area contributed by atoms with E-state index in [-0.39, 0.29) is 0 Å². The molecule has 1 aliphatic carbocycles. The number of rotatable bonds is 9. The summed E-state index contributed by atoms with van der Waals surface area (Å²) in [5.41, 5.74) is 21.2. The average Bonchev–Trinajstić information content (AvgIpc) is 3.96. The molecular formula is C67H45NO. The molecule has 0 aliphatic heterocycles. The molecule has 0 unspecified atom stereocenters. The second kappa shape index (κ2) is 16.7. The molecule has 0 amide bonds. The molecule has 12 aromatic rings. The van der Waals surface area contributed by atoms with Gasteiger partial charge in [-0.25, -0.2) is 0 Å². The first-order valence-electron chi connectivity index (χ1n) is 23.7. The van der Waals surface area contributed by atoms with Gasteiger partial charge in [-0.1, -0.05) is 231 Å². The quantitative estimate of drug-likeness (QED) is 0.144. The van der Waals surface area contributed by atoms with Crippen LogP contribution in [0.1, 0.15) is 22.3 Å². The fourth-order valence-corrected chi connectivity index (χ4v) is 11.1. The summed E-state index contributed by atoms with van der Waals surface area (Å²) in [6, 6.07) is 99.2. The van der Waals surface area contributed by atoms with Crippen LogP contribution in [-0.4, -0.2) is 0 Å². The lowest BCUT2D eigenvalue weighted by Crippen LogP contribution is -2.28. The van der Waals surface area contributed by atoms with E-state index in [4.69, 9.17) is 4.42 Å². The first-order valence-corrected chi connectivity index (χ1v) is 23.7. The Morgan fingerprint density at radius 2 is 0.826 bits per heavy atom. The van der Waals surface area contributed by atoms with Gasteiger partial charge in [-0.2, -0.15) is 0 Å². The van der Waals surface area contributed by atoms with Crippen molar-refractivity contribution in [3.05, 3.63) is 295 Å². The van der Waals surface area contributed by atoms with Crippen LogP contribution >= 0.6 is 0 Å². The predicted octanol–water partition coefficient (Wildman–Crippen LogP) is 18.1. The zero-order valence-corrected chi connectivity index (χ0v) is 37.8. The van der Waals surface area contributed by atoms with Crippen LogP contribution in [0, 0.1) is 0 Å². The van der Waals surface area contributed by atoms with E-state index >= 15 is 0 Å². The van der Waals surface area contributed by atoms with Crippen molar-refractivity contribution in [2.24, 2.45) is 0 Å². The topological polar surface area (TPSA) is 16.4 Å². The summed E-state index contributed by atoms with van der Waals surface area (Å²) >= 11 is 0. The van der Waals surface area contributed by atoms with Gasteiger partial charge in [0.25, 0.3) is 0 Å². The number of fused-ring (bicyclic) bond motifs is 6. The zero-order valence-electron chi connectivity index (χ0n) is 37.8. The fourth-order valence-electron chi connectivity index (χ4n) is 11.1. The molecule has 11 aromatic carbocycles. The lowest BCUT2D eigenvalue weighted by atomic mass is 9.68. The average molecular weight is 880 g/mol. The molecule has 2 heteroatoms. The minimum Gasteiger partial charge on any atom is -0.455 e. The van der Waals surface area contributed by atoms with E-state index in [0.717, 1.165) is 61.3 Å². The molecule has 0 saturated carbocycles. The molecule has 1 heterocycles. The van der Waals surface area contributed by atoms with Crippen LogP contribution in [0.2, 0.25) is 0 Å². The largest absolute Gasteiger partial charge is 0.455 e. The van der Waals surface area contributed by atoms with Crippen LogP contribution in [0.3, 0.4) is 0 Å². The number of nitrogens with zero attached hydrogens (tertiary/aromatic N) is 1. The number of hydrogen-bond acceptors (Lipinski definition) is 2. The molecule has 0 N–H and O–H groups in total. The smallest absolute Gasteiger partial charge is 0.143 e. The molecule has 0 atom stereocenters. The highest BCUT2D eigenvalue weighted by Gasteiger charge is 2.47. The highest BCUT2D eigenvalue weighted by atomic mass is 16.3. The Hall–Kier alpha value is -8.98. The summed E-state index contributed by atoms with van der Waals surface area (Å²) < 4.78 is 6.58. The summed E-state index contributed by atoms with van der Waals surface area (Å²) in [6.07, 6.45) is 0.